The molecule has 2 aliphatic rings. The molecular weight excluding hydrogens is 420 g/mol. The number of carbonyl (C=O) groups is 3. The Hall–Kier alpha value is -3.35. The number of benzene rings is 2. The van der Waals surface area contributed by atoms with Crippen molar-refractivity contribution in [3.63, 3.8) is 0 Å². The first-order chi connectivity index (χ1) is 16.0. The number of alkyl carbamates (subject to hydrolysis) is 1. The summed E-state index contributed by atoms with van der Waals surface area (Å²) >= 11 is 0. The van der Waals surface area contributed by atoms with Gasteiger partial charge in [0.1, 0.15) is 12.6 Å². The summed E-state index contributed by atoms with van der Waals surface area (Å²) < 4.78 is 5.51. The first kappa shape index (κ1) is 22.8. The minimum Gasteiger partial charge on any atom is -0.480 e. The molecule has 1 fully saturated rings. The topological polar surface area (TPSA) is 105 Å². The van der Waals surface area contributed by atoms with Crippen LogP contribution in [0.3, 0.4) is 0 Å². The Morgan fingerprint density at radius 1 is 1.03 bits per heavy atom. The molecule has 0 saturated heterocycles. The molecule has 7 heteroatoms. The predicted octanol–water partition coefficient (Wildman–Crippen LogP) is 3.92. The highest BCUT2D eigenvalue weighted by atomic mass is 16.5. The van der Waals surface area contributed by atoms with Crippen molar-refractivity contribution < 1.29 is 24.2 Å². The quantitative estimate of drug-likeness (QED) is 0.476. The maximum absolute atomic E-state index is 12.3. The first-order valence-corrected chi connectivity index (χ1v) is 11.6. The number of carboxylic acid groups (broad SMARTS) is 1. The Kier molecular flexibility index (Phi) is 6.96. The van der Waals surface area contributed by atoms with Crippen LogP contribution in [0.25, 0.3) is 11.1 Å². The Balaban J connectivity index is 1.19. The summed E-state index contributed by atoms with van der Waals surface area (Å²) in [6, 6.07) is 15.6. The lowest BCUT2D eigenvalue weighted by Crippen LogP contribution is -2.44. The number of hydrogen-bond acceptors (Lipinski definition) is 4. The van der Waals surface area contributed by atoms with E-state index in [4.69, 9.17) is 4.74 Å². The normalized spacial score (nSPS) is 16.3. The summed E-state index contributed by atoms with van der Waals surface area (Å²) in [4.78, 5) is 35.8. The molecule has 0 aliphatic heterocycles. The highest BCUT2D eigenvalue weighted by Gasteiger charge is 2.37. The molecular formula is C26H30N2O5. The van der Waals surface area contributed by atoms with Crippen molar-refractivity contribution in [2.75, 3.05) is 13.2 Å². The van der Waals surface area contributed by atoms with Gasteiger partial charge in [-0.25, -0.2) is 9.59 Å². The lowest BCUT2D eigenvalue weighted by molar-refractivity contribution is -0.143. The molecule has 174 valence electrons. The highest BCUT2D eigenvalue weighted by molar-refractivity contribution is 5.85. The van der Waals surface area contributed by atoms with Crippen LogP contribution >= 0.6 is 0 Å². The number of ether oxygens (including phenoxy) is 1. The number of fused-ring (bicyclic) bond motifs is 3. The predicted molar refractivity (Wildman–Crippen MR) is 124 cm³/mol. The molecule has 0 aromatic heterocycles. The first-order valence-electron chi connectivity index (χ1n) is 11.6. The third kappa shape index (κ3) is 5.35. The molecule has 0 spiro atoms. The van der Waals surface area contributed by atoms with Crippen molar-refractivity contribution in [1.29, 1.82) is 0 Å². The Bertz CT molecular complexity index is 987. The average Bonchev–Trinajstić information content (AvgIpc) is 3.60. The smallest absolute Gasteiger partial charge is 0.407 e. The zero-order valence-corrected chi connectivity index (χ0v) is 18.8. The van der Waals surface area contributed by atoms with Crippen LogP contribution in [0, 0.1) is 11.8 Å². The Morgan fingerprint density at radius 3 is 2.21 bits per heavy atom. The van der Waals surface area contributed by atoms with Crippen molar-refractivity contribution in [2.24, 2.45) is 11.8 Å². The van der Waals surface area contributed by atoms with Crippen LogP contribution in [0.4, 0.5) is 4.79 Å². The molecule has 2 aromatic rings. The fraction of sp³-hybridized carbons (Fsp3) is 0.423. The average molecular weight is 451 g/mol. The molecule has 33 heavy (non-hydrogen) atoms. The van der Waals surface area contributed by atoms with Crippen molar-refractivity contribution in [1.82, 2.24) is 10.6 Å². The van der Waals surface area contributed by atoms with Crippen LogP contribution in [0.5, 0.6) is 0 Å². The van der Waals surface area contributed by atoms with E-state index in [1.165, 1.54) is 11.1 Å². The van der Waals surface area contributed by atoms with E-state index in [0.717, 1.165) is 24.0 Å². The minimum atomic E-state index is -0.977. The van der Waals surface area contributed by atoms with Crippen LogP contribution in [-0.2, 0) is 14.3 Å². The molecule has 2 amide bonds. The number of carbonyl (C=O) groups excluding carboxylic acids is 2. The van der Waals surface area contributed by atoms with Crippen molar-refractivity contribution in [3.05, 3.63) is 59.7 Å². The summed E-state index contributed by atoms with van der Waals surface area (Å²) in [7, 11) is 0. The molecule has 0 radical (unpaired) electrons. The van der Waals surface area contributed by atoms with Gasteiger partial charge in [-0.1, -0.05) is 55.5 Å². The van der Waals surface area contributed by atoms with Crippen molar-refractivity contribution in [3.8, 4) is 11.1 Å². The van der Waals surface area contributed by atoms with E-state index in [9.17, 15) is 19.5 Å². The molecule has 0 bridgehead atoms. The van der Waals surface area contributed by atoms with Gasteiger partial charge in [-0.05, 0) is 53.9 Å². The molecule has 2 aromatic carbocycles. The van der Waals surface area contributed by atoms with E-state index in [2.05, 4.69) is 34.9 Å². The van der Waals surface area contributed by atoms with Crippen LogP contribution in [0.1, 0.15) is 49.7 Å². The van der Waals surface area contributed by atoms with E-state index in [0.29, 0.717) is 19.4 Å². The zero-order valence-electron chi connectivity index (χ0n) is 18.8. The molecule has 0 heterocycles. The van der Waals surface area contributed by atoms with Crippen LogP contribution in [0.2, 0.25) is 0 Å². The number of amides is 2. The molecule has 1 saturated carbocycles. The number of nitrogens with one attached hydrogen (secondary N) is 2. The summed E-state index contributed by atoms with van der Waals surface area (Å²) in [5, 5.41) is 14.6. The summed E-state index contributed by atoms with van der Waals surface area (Å²) in [6.45, 7) is 2.42. The third-order valence-corrected chi connectivity index (χ3v) is 6.53. The fourth-order valence-electron chi connectivity index (χ4n) is 4.49. The largest absolute Gasteiger partial charge is 0.480 e. The van der Waals surface area contributed by atoms with E-state index in [1.807, 2.05) is 24.3 Å². The highest BCUT2D eigenvalue weighted by Crippen LogP contribution is 2.44. The van der Waals surface area contributed by atoms with Gasteiger partial charge in [0.05, 0.1) is 0 Å². The van der Waals surface area contributed by atoms with Crippen LogP contribution < -0.4 is 10.6 Å². The molecule has 3 N–H and O–H groups in total. The second kappa shape index (κ2) is 10.1. The zero-order chi connectivity index (χ0) is 23.4. The van der Waals surface area contributed by atoms with Gasteiger partial charge in [0.15, 0.2) is 0 Å². The second-order valence-corrected chi connectivity index (χ2v) is 8.96. The van der Waals surface area contributed by atoms with E-state index >= 15 is 0 Å². The van der Waals surface area contributed by atoms with Gasteiger partial charge in [0.25, 0.3) is 0 Å². The Labute approximate surface area is 193 Å². The molecule has 7 nitrogen and oxygen atoms in total. The van der Waals surface area contributed by atoms with Gasteiger partial charge in [-0.15, -0.1) is 0 Å². The summed E-state index contributed by atoms with van der Waals surface area (Å²) in [5.41, 5.74) is 4.69. The number of hydrogen-bond donors (Lipinski definition) is 3. The standard InChI is InChI=1S/C26H30N2O5/c1-16(24(29)28-23(25(30)31)17-12-13-17)7-6-14-27-26(32)33-15-22-20-10-4-2-8-18(20)19-9-3-5-11-21(19)22/h2-5,8-11,16-17,22-23H,6-7,12-15H2,1H3,(H,27,32)(H,28,29)(H,30,31). The van der Waals surface area contributed by atoms with Gasteiger partial charge in [0, 0.05) is 18.4 Å². The monoisotopic (exact) mass is 450 g/mol. The molecule has 2 aliphatic carbocycles. The number of carboxylic acids is 1. The van der Waals surface area contributed by atoms with Crippen molar-refractivity contribution >= 4 is 18.0 Å². The van der Waals surface area contributed by atoms with Gasteiger partial charge in [-0.3, -0.25) is 4.79 Å². The maximum Gasteiger partial charge on any atom is 0.407 e. The SMILES string of the molecule is CC(CCCNC(=O)OCC1c2ccccc2-c2ccccc21)C(=O)NC(C(=O)O)C1CC1. The third-order valence-electron chi connectivity index (χ3n) is 6.53. The summed E-state index contributed by atoms with van der Waals surface area (Å²) in [6.07, 6.45) is 2.35. The van der Waals surface area contributed by atoms with Gasteiger partial charge in [-0.2, -0.15) is 0 Å². The van der Waals surface area contributed by atoms with Gasteiger partial charge in [0.2, 0.25) is 5.91 Å². The second-order valence-electron chi connectivity index (χ2n) is 8.96. The van der Waals surface area contributed by atoms with E-state index in [1.54, 1.807) is 6.92 Å². The fourth-order valence-corrected chi connectivity index (χ4v) is 4.49. The van der Waals surface area contributed by atoms with E-state index < -0.39 is 18.1 Å². The van der Waals surface area contributed by atoms with Gasteiger partial charge < -0.3 is 20.5 Å². The molecule has 2 unspecified atom stereocenters. The van der Waals surface area contributed by atoms with Gasteiger partial charge >= 0.3 is 12.1 Å². The lowest BCUT2D eigenvalue weighted by Gasteiger charge is -2.17. The molecule has 2 atom stereocenters. The number of rotatable bonds is 10. The Morgan fingerprint density at radius 2 is 1.64 bits per heavy atom. The number of aliphatic carboxylic acids is 1. The van der Waals surface area contributed by atoms with Crippen LogP contribution in [-0.4, -0.2) is 42.3 Å². The van der Waals surface area contributed by atoms with Crippen molar-refractivity contribution in [2.45, 2.75) is 44.6 Å². The van der Waals surface area contributed by atoms with E-state index in [-0.39, 0.29) is 30.3 Å². The summed E-state index contributed by atoms with van der Waals surface area (Å²) in [5.74, 6) is -1.49. The minimum absolute atomic E-state index is 0.0144. The molecule has 4 rings (SSSR count). The lowest BCUT2D eigenvalue weighted by atomic mass is 9.98. The van der Waals surface area contributed by atoms with Crippen LogP contribution in [0.15, 0.2) is 48.5 Å². The maximum atomic E-state index is 12.3.